The predicted octanol–water partition coefficient (Wildman–Crippen LogP) is 4.97. The van der Waals surface area contributed by atoms with Gasteiger partial charge >= 0.3 is 11.9 Å². The molecule has 3 N–H and O–H groups in total. The summed E-state index contributed by atoms with van der Waals surface area (Å²) in [6, 6.07) is 0.206. The summed E-state index contributed by atoms with van der Waals surface area (Å²) in [4.78, 5) is 22.4. The van der Waals surface area contributed by atoms with E-state index in [0.717, 1.165) is 44.2 Å². The second-order valence-corrected chi connectivity index (χ2v) is 13.4. The molecule has 1 aromatic rings. The van der Waals surface area contributed by atoms with Gasteiger partial charge in [-0.1, -0.05) is 26.0 Å². The molecule has 4 aliphatic carbocycles. The van der Waals surface area contributed by atoms with Gasteiger partial charge in [-0.05, 0) is 104 Å². The van der Waals surface area contributed by atoms with Crippen LogP contribution in [0.5, 0.6) is 0 Å². The molecule has 1 heterocycles. The molecule has 8 nitrogen and oxygen atoms in total. The van der Waals surface area contributed by atoms with E-state index in [2.05, 4.69) is 35.8 Å². The molecule has 4 fully saturated rings. The second kappa shape index (κ2) is 9.97. The van der Waals surface area contributed by atoms with Gasteiger partial charge in [-0.2, -0.15) is 0 Å². The van der Waals surface area contributed by atoms with E-state index in [0.29, 0.717) is 41.9 Å². The van der Waals surface area contributed by atoms with Crippen LogP contribution < -0.4 is 0 Å². The third kappa shape index (κ3) is 4.72. The lowest BCUT2D eigenvalue weighted by Gasteiger charge is -2.63. The van der Waals surface area contributed by atoms with Crippen molar-refractivity contribution in [2.45, 2.75) is 110 Å². The zero-order chi connectivity index (χ0) is 26.5. The zero-order valence-corrected chi connectivity index (χ0v) is 22.7. The van der Waals surface area contributed by atoms with Crippen LogP contribution in [0.2, 0.25) is 0 Å². The molecule has 10 atom stereocenters. The Hall–Kier alpha value is -1.96. The van der Waals surface area contributed by atoms with Gasteiger partial charge in [0.15, 0.2) is 0 Å². The first kappa shape index (κ1) is 26.6. The molecule has 0 amide bonds. The number of carboxylic acid groups (broad SMARTS) is 2. The number of aromatic nitrogens is 3. The van der Waals surface area contributed by atoms with Gasteiger partial charge in [0, 0.05) is 19.0 Å². The highest BCUT2D eigenvalue weighted by molar-refractivity contribution is 5.67. The number of rotatable bonds is 8. The van der Waals surface area contributed by atoms with Crippen molar-refractivity contribution in [1.29, 1.82) is 0 Å². The van der Waals surface area contributed by atoms with Crippen molar-refractivity contribution in [2.24, 2.45) is 46.3 Å². The van der Waals surface area contributed by atoms with Crippen LogP contribution in [0.3, 0.4) is 0 Å². The number of nitrogens with zero attached hydrogens (tertiary/aromatic N) is 3. The predicted molar refractivity (Wildman–Crippen MR) is 138 cm³/mol. The molecule has 4 saturated carbocycles. The van der Waals surface area contributed by atoms with Gasteiger partial charge in [0.25, 0.3) is 0 Å². The van der Waals surface area contributed by atoms with Crippen molar-refractivity contribution in [2.75, 3.05) is 0 Å². The van der Waals surface area contributed by atoms with Crippen LogP contribution in [-0.4, -0.2) is 48.4 Å². The van der Waals surface area contributed by atoms with Gasteiger partial charge < -0.3 is 15.3 Å². The van der Waals surface area contributed by atoms with E-state index < -0.39 is 11.9 Å². The van der Waals surface area contributed by atoms with Crippen LogP contribution in [0.25, 0.3) is 0 Å². The van der Waals surface area contributed by atoms with Crippen LogP contribution in [0.1, 0.15) is 103 Å². The number of aliphatic hydroxyl groups is 1. The SMILES string of the molecule is C[C@H](CCC(=O)O)[C@H]1CC[C@H]2[C@@H]3[C@@H](n4cc(CCC(=O)O)nn4)C[C@@H]4C[C@H](O)CC[C@]4(C)[C@H]3CC[C@]12C. The van der Waals surface area contributed by atoms with Crippen molar-refractivity contribution in [3.05, 3.63) is 11.9 Å². The summed E-state index contributed by atoms with van der Waals surface area (Å²) in [6.07, 6.45) is 11.7. The lowest BCUT2D eigenvalue weighted by molar-refractivity contribution is -0.151. The Morgan fingerprint density at radius 3 is 2.46 bits per heavy atom. The van der Waals surface area contributed by atoms with Crippen LogP contribution in [0.4, 0.5) is 0 Å². The second-order valence-electron chi connectivity index (χ2n) is 13.4. The Labute approximate surface area is 220 Å². The Kier molecular flexibility index (Phi) is 7.18. The third-order valence-electron chi connectivity index (χ3n) is 11.7. The first-order valence-electron chi connectivity index (χ1n) is 14.5. The summed E-state index contributed by atoms with van der Waals surface area (Å²) < 4.78 is 2.06. The standard InChI is InChI=1S/C29H45N3O5/c1-17(4-8-25(34)35)21-6-7-22-27-23(11-13-29(21,22)3)28(2)12-10-20(33)14-18(28)15-24(27)32-16-19(30-31-32)5-9-26(36)37/h16-18,20-24,27,33H,4-15H2,1-3H3,(H,34,35)(H,36,37)/t17-,18+,20-,21-,22+,23+,24+,27+,28+,29-/m1/s1. The van der Waals surface area contributed by atoms with Crippen LogP contribution >= 0.6 is 0 Å². The van der Waals surface area contributed by atoms with Crippen LogP contribution in [0.15, 0.2) is 6.20 Å². The van der Waals surface area contributed by atoms with E-state index in [9.17, 15) is 19.8 Å². The average molecular weight is 516 g/mol. The fourth-order valence-corrected chi connectivity index (χ4v) is 9.84. The Bertz CT molecular complexity index is 1010. The number of carbonyl (C=O) groups is 2. The fourth-order valence-electron chi connectivity index (χ4n) is 9.84. The maximum absolute atomic E-state index is 11.3. The largest absolute Gasteiger partial charge is 0.481 e. The Morgan fingerprint density at radius 1 is 1.03 bits per heavy atom. The van der Waals surface area contributed by atoms with E-state index in [1.807, 2.05) is 6.20 Å². The third-order valence-corrected chi connectivity index (χ3v) is 11.7. The number of carboxylic acids is 2. The molecule has 206 valence electrons. The molecule has 5 rings (SSSR count). The number of fused-ring (bicyclic) bond motifs is 5. The molecule has 0 saturated heterocycles. The summed E-state index contributed by atoms with van der Waals surface area (Å²) in [7, 11) is 0. The molecular formula is C29H45N3O5. The molecular weight excluding hydrogens is 470 g/mol. The minimum absolute atomic E-state index is 0.0545. The quantitative estimate of drug-likeness (QED) is 0.446. The van der Waals surface area contributed by atoms with Gasteiger partial charge in [0.2, 0.25) is 0 Å². The van der Waals surface area contributed by atoms with Gasteiger partial charge in [0.05, 0.1) is 24.3 Å². The Morgan fingerprint density at radius 2 is 1.73 bits per heavy atom. The average Bonchev–Trinajstić information content (AvgIpc) is 3.45. The van der Waals surface area contributed by atoms with Gasteiger partial charge in [-0.3, -0.25) is 9.59 Å². The van der Waals surface area contributed by atoms with Crippen molar-refractivity contribution in [3.63, 3.8) is 0 Å². The minimum atomic E-state index is -0.823. The van der Waals surface area contributed by atoms with Gasteiger partial charge in [-0.25, -0.2) is 4.68 Å². The van der Waals surface area contributed by atoms with E-state index in [-0.39, 0.29) is 35.8 Å². The Balaban J connectivity index is 1.47. The maximum Gasteiger partial charge on any atom is 0.303 e. The molecule has 4 aliphatic rings. The van der Waals surface area contributed by atoms with Crippen LogP contribution in [0, 0.1) is 46.3 Å². The lowest BCUT2D eigenvalue weighted by Crippen LogP contribution is -2.57. The highest BCUT2D eigenvalue weighted by Crippen LogP contribution is 2.70. The summed E-state index contributed by atoms with van der Waals surface area (Å²) in [5, 5.41) is 37.9. The number of aryl methyl sites for hydroxylation is 1. The molecule has 1 aromatic heterocycles. The highest BCUT2D eigenvalue weighted by Gasteiger charge is 2.63. The normalized spacial score (nSPS) is 41.9. The topological polar surface area (TPSA) is 126 Å². The van der Waals surface area contributed by atoms with Gasteiger partial charge in [0.1, 0.15) is 0 Å². The minimum Gasteiger partial charge on any atom is -0.481 e. The molecule has 0 radical (unpaired) electrons. The number of hydrogen-bond donors (Lipinski definition) is 3. The van der Waals surface area contributed by atoms with E-state index in [4.69, 9.17) is 5.11 Å². The molecule has 37 heavy (non-hydrogen) atoms. The van der Waals surface area contributed by atoms with Crippen molar-refractivity contribution >= 4 is 11.9 Å². The lowest BCUT2D eigenvalue weighted by atomic mass is 9.43. The molecule has 0 bridgehead atoms. The molecule has 0 unspecified atom stereocenters. The first-order valence-corrected chi connectivity index (χ1v) is 14.5. The highest BCUT2D eigenvalue weighted by atomic mass is 16.4. The van der Waals surface area contributed by atoms with Crippen molar-refractivity contribution in [1.82, 2.24) is 15.0 Å². The monoisotopic (exact) mass is 515 g/mol. The van der Waals surface area contributed by atoms with Crippen molar-refractivity contribution in [3.8, 4) is 0 Å². The molecule has 0 spiro atoms. The number of aliphatic hydroxyl groups excluding tert-OH is 1. The van der Waals surface area contributed by atoms with E-state index in [1.165, 1.54) is 19.3 Å². The number of aliphatic carboxylic acids is 2. The maximum atomic E-state index is 11.3. The number of hydrogen-bond acceptors (Lipinski definition) is 5. The summed E-state index contributed by atoms with van der Waals surface area (Å²) in [6.45, 7) is 7.23. The van der Waals surface area contributed by atoms with Crippen molar-refractivity contribution < 1.29 is 24.9 Å². The van der Waals surface area contributed by atoms with Crippen LogP contribution in [-0.2, 0) is 16.0 Å². The van der Waals surface area contributed by atoms with Gasteiger partial charge in [-0.15, -0.1) is 5.10 Å². The zero-order valence-electron chi connectivity index (χ0n) is 22.7. The van der Waals surface area contributed by atoms with E-state index >= 15 is 0 Å². The summed E-state index contributed by atoms with van der Waals surface area (Å²) >= 11 is 0. The first-order chi connectivity index (χ1) is 17.5. The molecule has 8 heteroatoms. The van der Waals surface area contributed by atoms with E-state index in [1.54, 1.807) is 0 Å². The molecule has 0 aliphatic heterocycles. The fraction of sp³-hybridized carbons (Fsp3) is 0.862. The molecule has 0 aromatic carbocycles. The summed E-state index contributed by atoms with van der Waals surface area (Å²) in [5.74, 6) is 1.46. The summed E-state index contributed by atoms with van der Waals surface area (Å²) in [5.41, 5.74) is 1.16. The smallest absolute Gasteiger partial charge is 0.303 e.